The smallest absolute Gasteiger partial charge is 0.193 e. The Morgan fingerprint density at radius 2 is 2.18 bits per heavy atom. The second-order valence-electron chi connectivity index (χ2n) is 7.30. The van der Waals surface area contributed by atoms with Gasteiger partial charge in [0.15, 0.2) is 5.96 Å². The second kappa shape index (κ2) is 10.4. The molecule has 154 valence electrons. The number of nitrogens with zero attached hydrogens (tertiary/aromatic N) is 4. The van der Waals surface area contributed by atoms with Gasteiger partial charge >= 0.3 is 0 Å². The fourth-order valence-corrected chi connectivity index (χ4v) is 3.80. The quantitative estimate of drug-likeness (QED) is 0.406. The summed E-state index contributed by atoms with van der Waals surface area (Å²) in [7, 11) is 3.56. The maximum absolute atomic E-state index is 5.69. The van der Waals surface area contributed by atoms with E-state index in [1.54, 1.807) is 7.11 Å². The lowest BCUT2D eigenvalue weighted by Crippen LogP contribution is -2.40. The van der Waals surface area contributed by atoms with Crippen LogP contribution < -0.4 is 5.32 Å². The summed E-state index contributed by atoms with van der Waals surface area (Å²) in [5.41, 5.74) is 2.28. The van der Waals surface area contributed by atoms with Crippen molar-refractivity contribution in [3.05, 3.63) is 30.1 Å². The largest absolute Gasteiger partial charge is 0.382 e. The summed E-state index contributed by atoms with van der Waals surface area (Å²) in [6.45, 7) is 8.07. The maximum atomic E-state index is 5.69. The highest BCUT2D eigenvalue weighted by Gasteiger charge is 2.24. The van der Waals surface area contributed by atoms with E-state index in [0.717, 1.165) is 62.9 Å². The lowest BCUT2D eigenvalue weighted by molar-refractivity contribution is 0.0536. The van der Waals surface area contributed by atoms with E-state index in [9.17, 15) is 0 Å². The van der Waals surface area contributed by atoms with E-state index in [4.69, 9.17) is 9.47 Å². The Hall–Kier alpha value is -2.12. The number of hydrogen-bond acceptors (Lipinski definition) is 4. The molecule has 0 saturated carbocycles. The van der Waals surface area contributed by atoms with Gasteiger partial charge in [-0.05, 0) is 31.9 Å². The topological polar surface area (TPSA) is 63.9 Å². The van der Waals surface area contributed by atoms with Gasteiger partial charge < -0.3 is 24.3 Å². The Bertz CT molecular complexity index is 773. The zero-order valence-corrected chi connectivity index (χ0v) is 17.4. The SMILES string of the molecule is CN=C(NCCCn1c(C)nc2ccccc21)N1CCC(COCCOC)C1. The first kappa shape index (κ1) is 20.6. The van der Waals surface area contributed by atoms with Crippen LogP contribution in [-0.2, 0) is 16.0 Å². The van der Waals surface area contributed by atoms with Gasteiger partial charge in [-0.15, -0.1) is 0 Å². The van der Waals surface area contributed by atoms with Crippen molar-refractivity contribution in [2.75, 3.05) is 53.6 Å². The van der Waals surface area contributed by atoms with Crippen LogP contribution in [0.3, 0.4) is 0 Å². The number of aromatic nitrogens is 2. The van der Waals surface area contributed by atoms with Gasteiger partial charge in [0.05, 0.1) is 30.9 Å². The van der Waals surface area contributed by atoms with Gasteiger partial charge in [0.1, 0.15) is 5.82 Å². The van der Waals surface area contributed by atoms with Gasteiger partial charge in [0, 0.05) is 46.3 Å². The highest BCUT2D eigenvalue weighted by molar-refractivity contribution is 5.80. The number of nitrogens with one attached hydrogen (secondary N) is 1. The molecule has 0 radical (unpaired) electrons. The predicted molar refractivity (Wildman–Crippen MR) is 113 cm³/mol. The number of para-hydroxylation sites is 2. The van der Waals surface area contributed by atoms with Crippen LogP contribution in [0.5, 0.6) is 0 Å². The van der Waals surface area contributed by atoms with Crippen molar-refractivity contribution in [2.45, 2.75) is 26.3 Å². The summed E-state index contributed by atoms with van der Waals surface area (Å²) < 4.78 is 13.0. The monoisotopic (exact) mass is 387 g/mol. The van der Waals surface area contributed by atoms with Crippen LogP contribution in [0.15, 0.2) is 29.3 Å². The van der Waals surface area contributed by atoms with Crippen LogP contribution in [0.25, 0.3) is 11.0 Å². The first-order chi connectivity index (χ1) is 13.7. The van der Waals surface area contributed by atoms with Crippen molar-refractivity contribution in [3.8, 4) is 0 Å². The number of benzene rings is 1. The van der Waals surface area contributed by atoms with Crippen LogP contribution in [0, 0.1) is 12.8 Å². The molecule has 1 N–H and O–H groups in total. The normalized spacial score (nSPS) is 17.6. The van der Waals surface area contributed by atoms with Crippen LogP contribution in [-0.4, -0.2) is 74.0 Å². The molecule has 1 aromatic heterocycles. The molecule has 0 bridgehead atoms. The zero-order chi connectivity index (χ0) is 19.8. The maximum Gasteiger partial charge on any atom is 0.193 e. The molecule has 2 heterocycles. The number of rotatable bonds is 9. The number of ether oxygens (including phenoxy) is 2. The molecule has 1 unspecified atom stereocenters. The fourth-order valence-electron chi connectivity index (χ4n) is 3.80. The minimum absolute atomic E-state index is 0.565. The Labute approximate surface area is 167 Å². The molecule has 28 heavy (non-hydrogen) atoms. The van der Waals surface area contributed by atoms with E-state index < -0.39 is 0 Å². The first-order valence-corrected chi connectivity index (χ1v) is 10.2. The third-order valence-corrected chi connectivity index (χ3v) is 5.27. The van der Waals surface area contributed by atoms with Gasteiger partial charge in [0.2, 0.25) is 0 Å². The average molecular weight is 388 g/mol. The molecule has 0 spiro atoms. The van der Waals surface area contributed by atoms with Gasteiger partial charge in [-0.25, -0.2) is 4.98 Å². The molecular formula is C21H33N5O2. The second-order valence-corrected chi connectivity index (χ2v) is 7.30. The van der Waals surface area contributed by atoms with Crippen molar-refractivity contribution in [1.82, 2.24) is 19.8 Å². The van der Waals surface area contributed by atoms with E-state index in [0.29, 0.717) is 19.1 Å². The highest BCUT2D eigenvalue weighted by atomic mass is 16.5. The third-order valence-electron chi connectivity index (χ3n) is 5.27. The van der Waals surface area contributed by atoms with Crippen molar-refractivity contribution in [3.63, 3.8) is 0 Å². The van der Waals surface area contributed by atoms with E-state index in [1.807, 2.05) is 13.1 Å². The van der Waals surface area contributed by atoms with Crippen LogP contribution >= 0.6 is 0 Å². The Balaban J connectivity index is 1.42. The fraction of sp³-hybridized carbons (Fsp3) is 0.619. The third kappa shape index (κ3) is 5.23. The van der Waals surface area contributed by atoms with E-state index in [1.165, 1.54) is 5.52 Å². The molecule has 2 aromatic rings. The lowest BCUT2D eigenvalue weighted by Gasteiger charge is -2.22. The van der Waals surface area contributed by atoms with Crippen molar-refractivity contribution in [1.29, 1.82) is 0 Å². The number of likely N-dealkylation sites (tertiary alicyclic amines) is 1. The summed E-state index contributed by atoms with van der Waals surface area (Å²) in [5.74, 6) is 2.63. The Kier molecular flexibility index (Phi) is 7.68. The van der Waals surface area contributed by atoms with Crippen LogP contribution in [0.1, 0.15) is 18.7 Å². The number of aryl methyl sites for hydroxylation is 2. The standard InChI is InChI=1S/C21H33N5O2/c1-17-24-19-7-4-5-8-20(19)26(17)11-6-10-23-21(22-2)25-12-9-18(15-25)16-28-14-13-27-3/h4-5,7-8,18H,6,9-16H2,1-3H3,(H,22,23). The highest BCUT2D eigenvalue weighted by Crippen LogP contribution is 2.17. The number of imidazole rings is 1. The summed E-state index contributed by atoms with van der Waals surface area (Å²) in [4.78, 5) is 11.4. The molecule has 1 atom stereocenters. The Morgan fingerprint density at radius 3 is 3.00 bits per heavy atom. The van der Waals surface area contributed by atoms with Gasteiger partial charge in [0.25, 0.3) is 0 Å². The molecule has 1 aliphatic rings. The van der Waals surface area contributed by atoms with Gasteiger partial charge in [-0.1, -0.05) is 12.1 Å². The number of hydrogen-bond donors (Lipinski definition) is 1. The van der Waals surface area contributed by atoms with E-state index >= 15 is 0 Å². The molecule has 7 nitrogen and oxygen atoms in total. The summed E-state index contributed by atoms with van der Waals surface area (Å²) in [6.07, 6.45) is 2.17. The van der Waals surface area contributed by atoms with Crippen molar-refractivity contribution in [2.24, 2.45) is 10.9 Å². The lowest BCUT2D eigenvalue weighted by atomic mass is 10.1. The summed E-state index contributed by atoms with van der Waals surface area (Å²) in [6, 6.07) is 8.32. The number of fused-ring (bicyclic) bond motifs is 1. The molecule has 1 saturated heterocycles. The van der Waals surface area contributed by atoms with Crippen LogP contribution in [0.4, 0.5) is 0 Å². The summed E-state index contributed by atoms with van der Waals surface area (Å²) in [5, 5.41) is 3.52. The minimum Gasteiger partial charge on any atom is -0.382 e. The minimum atomic E-state index is 0.565. The van der Waals surface area contributed by atoms with Crippen molar-refractivity contribution >= 4 is 17.0 Å². The molecule has 0 amide bonds. The van der Waals surface area contributed by atoms with Gasteiger partial charge in [-0.3, -0.25) is 4.99 Å². The van der Waals surface area contributed by atoms with E-state index in [-0.39, 0.29) is 0 Å². The number of guanidine groups is 1. The average Bonchev–Trinajstić information content (AvgIpc) is 3.29. The molecule has 0 aliphatic carbocycles. The van der Waals surface area contributed by atoms with Crippen molar-refractivity contribution < 1.29 is 9.47 Å². The molecular weight excluding hydrogens is 354 g/mol. The van der Waals surface area contributed by atoms with Gasteiger partial charge in [-0.2, -0.15) is 0 Å². The first-order valence-electron chi connectivity index (χ1n) is 10.2. The molecule has 1 fully saturated rings. The number of methoxy groups -OCH3 is 1. The predicted octanol–water partition coefficient (Wildman–Crippen LogP) is 2.30. The Morgan fingerprint density at radius 1 is 1.32 bits per heavy atom. The molecule has 1 aliphatic heterocycles. The van der Waals surface area contributed by atoms with E-state index in [2.05, 4.69) is 49.9 Å². The van der Waals surface area contributed by atoms with Crippen LogP contribution in [0.2, 0.25) is 0 Å². The number of aliphatic imine (C=N–C) groups is 1. The molecule has 7 heteroatoms. The zero-order valence-electron chi connectivity index (χ0n) is 17.4. The molecule has 3 rings (SSSR count). The summed E-state index contributed by atoms with van der Waals surface area (Å²) >= 11 is 0. The molecule has 1 aromatic carbocycles.